The number of carbonyl (C=O) groups is 1. The summed E-state index contributed by atoms with van der Waals surface area (Å²) in [6.45, 7) is 3.00. The summed E-state index contributed by atoms with van der Waals surface area (Å²) >= 11 is 0. The van der Waals surface area contributed by atoms with Crippen molar-refractivity contribution in [1.82, 2.24) is 19.3 Å². The highest BCUT2D eigenvalue weighted by atomic mass is 32.2. The van der Waals surface area contributed by atoms with E-state index >= 15 is 0 Å². The number of aromatic nitrogens is 2. The lowest BCUT2D eigenvalue weighted by Crippen LogP contribution is -2.50. The van der Waals surface area contributed by atoms with Gasteiger partial charge in [-0.05, 0) is 67.6 Å². The lowest BCUT2D eigenvalue weighted by atomic mass is 9.84. The Morgan fingerprint density at radius 3 is 2.17 bits per heavy atom. The van der Waals surface area contributed by atoms with Gasteiger partial charge in [0.05, 0.1) is 4.90 Å². The van der Waals surface area contributed by atoms with Gasteiger partial charge in [-0.25, -0.2) is 8.42 Å². The molecule has 5 rings (SSSR count). The Balaban J connectivity index is 1.20. The Morgan fingerprint density at radius 1 is 0.914 bits per heavy atom. The first-order chi connectivity index (χ1) is 16.9. The maximum atomic E-state index is 13.2. The average molecular weight is 495 g/mol. The number of hydrogen-bond acceptors (Lipinski definition) is 6. The molecule has 0 spiro atoms. The van der Waals surface area contributed by atoms with Crippen LogP contribution in [0.5, 0.6) is 0 Å². The van der Waals surface area contributed by atoms with Crippen molar-refractivity contribution in [3.05, 3.63) is 65.5 Å². The second-order valence-electron chi connectivity index (χ2n) is 9.32. The van der Waals surface area contributed by atoms with E-state index < -0.39 is 10.0 Å². The number of piperazine rings is 1. The van der Waals surface area contributed by atoms with Crippen LogP contribution in [-0.2, 0) is 10.0 Å². The first-order valence-corrected chi connectivity index (χ1v) is 13.7. The van der Waals surface area contributed by atoms with Gasteiger partial charge in [-0.15, -0.1) is 0 Å². The monoisotopic (exact) mass is 494 g/mol. The zero-order valence-corrected chi connectivity index (χ0v) is 20.7. The first kappa shape index (κ1) is 23.7. The quantitative estimate of drug-likeness (QED) is 0.526. The molecule has 0 radical (unpaired) electrons. The van der Waals surface area contributed by atoms with Crippen LogP contribution < -0.4 is 0 Å². The summed E-state index contributed by atoms with van der Waals surface area (Å²) in [6.07, 6.45) is 6.15. The molecule has 2 heterocycles. The van der Waals surface area contributed by atoms with Gasteiger partial charge in [0.25, 0.3) is 11.8 Å². The van der Waals surface area contributed by atoms with Gasteiger partial charge in [-0.3, -0.25) is 4.79 Å². The van der Waals surface area contributed by atoms with Gasteiger partial charge >= 0.3 is 0 Å². The normalized spacial score (nSPS) is 18.0. The van der Waals surface area contributed by atoms with E-state index in [2.05, 4.69) is 10.1 Å². The highest BCUT2D eigenvalue weighted by Crippen LogP contribution is 2.33. The summed E-state index contributed by atoms with van der Waals surface area (Å²) in [6, 6.07) is 14.4. The lowest BCUT2D eigenvalue weighted by molar-refractivity contribution is 0.0698. The third kappa shape index (κ3) is 5.01. The third-order valence-corrected chi connectivity index (χ3v) is 8.94. The number of nitrogens with zero attached hydrogens (tertiary/aromatic N) is 4. The van der Waals surface area contributed by atoms with E-state index in [1.807, 2.05) is 12.1 Å². The van der Waals surface area contributed by atoms with Crippen LogP contribution in [0.3, 0.4) is 0 Å². The molecule has 1 saturated heterocycles. The number of sulfonamides is 1. The molecule has 0 N–H and O–H groups in total. The van der Waals surface area contributed by atoms with Gasteiger partial charge in [0, 0.05) is 37.3 Å². The molecular formula is C26H30N4O4S. The molecule has 1 aromatic heterocycles. The minimum atomic E-state index is -3.59. The predicted octanol–water partition coefficient (Wildman–Crippen LogP) is 4.24. The molecule has 35 heavy (non-hydrogen) atoms. The Bertz CT molecular complexity index is 1270. The van der Waals surface area contributed by atoms with E-state index in [0.29, 0.717) is 41.2 Å². The van der Waals surface area contributed by atoms with Gasteiger partial charge in [-0.2, -0.15) is 9.29 Å². The Kier molecular flexibility index (Phi) is 6.71. The fraction of sp³-hybridized carbons (Fsp3) is 0.423. The Labute approximate surface area is 206 Å². The summed E-state index contributed by atoms with van der Waals surface area (Å²) < 4.78 is 33.0. The molecule has 9 heteroatoms. The van der Waals surface area contributed by atoms with Crippen molar-refractivity contribution in [2.45, 2.75) is 49.8 Å². The van der Waals surface area contributed by atoms with Crippen molar-refractivity contribution in [1.29, 1.82) is 0 Å². The minimum Gasteiger partial charge on any atom is -0.336 e. The number of carbonyl (C=O) groups excluding carboxylic acids is 1. The summed E-state index contributed by atoms with van der Waals surface area (Å²) in [5, 5.41) is 3.78. The highest BCUT2D eigenvalue weighted by molar-refractivity contribution is 7.89. The van der Waals surface area contributed by atoms with E-state index in [0.717, 1.165) is 5.56 Å². The second kappa shape index (κ2) is 9.91. The maximum absolute atomic E-state index is 13.2. The number of amides is 1. The number of aryl methyl sites for hydroxylation is 1. The Hall–Kier alpha value is -3.04. The first-order valence-electron chi connectivity index (χ1n) is 12.2. The second-order valence-corrected chi connectivity index (χ2v) is 11.3. The molecule has 1 saturated carbocycles. The van der Waals surface area contributed by atoms with Crippen molar-refractivity contribution in [2.75, 3.05) is 26.2 Å². The standard InChI is InChI=1S/C26H30N4O4S/c1-19-27-25(34-28-19)22-7-9-23(10-8-22)26(31)29-15-17-30(18-16-29)35(32,33)24-13-11-21(12-14-24)20-5-3-2-4-6-20/h7-14,20H,2-6,15-18H2,1H3. The van der Waals surface area contributed by atoms with Crippen LogP contribution in [0.2, 0.25) is 0 Å². The molecule has 3 aromatic rings. The zero-order valence-electron chi connectivity index (χ0n) is 19.9. The van der Waals surface area contributed by atoms with Crippen LogP contribution in [0.15, 0.2) is 57.9 Å². The van der Waals surface area contributed by atoms with Crippen molar-refractivity contribution in [3.63, 3.8) is 0 Å². The van der Waals surface area contributed by atoms with Crippen LogP contribution in [0.25, 0.3) is 11.5 Å². The molecule has 0 unspecified atom stereocenters. The summed E-state index contributed by atoms with van der Waals surface area (Å²) in [5.74, 6) is 1.38. The van der Waals surface area contributed by atoms with Crippen molar-refractivity contribution < 1.29 is 17.7 Å². The van der Waals surface area contributed by atoms with Gasteiger partial charge < -0.3 is 9.42 Å². The van der Waals surface area contributed by atoms with Crippen molar-refractivity contribution in [3.8, 4) is 11.5 Å². The molecule has 184 valence electrons. The summed E-state index contributed by atoms with van der Waals surface area (Å²) in [4.78, 5) is 19.2. The zero-order chi connectivity index (χ0) is 24.4. The number of rotatable bonds is 5. The van der Waals surface area contributed by atoms with Gasteiger partial charge in [0.2, 0.25) is 10.0 Å². The van der Waals surface area contributed by atoms with Gasteiger partial charge in [0.1, 0.15) is 0 Å². The topological polar surface area (TPSA) is 96.6 Å². The molecule has 2 aromatic carbocycles. The average Bonchev–Trinajstić information content (AvgIpc) is 3.35. The summed E-state index contributed by atoms with van der Waals surface area (Å²) in [7, 11) is -3.59. The van der Waals surface area contributed by atoms with E-state index in [1.165, 1.54) is 42.0 Å². The smallest absolute Gasteiger partial charge is 0.257 e. The van der Waals surface area contributed by atoms with E-state index in [9.17, 15) is 13.2 Å². The van der Waals surface area contributed by atoms with Crippen molar-refractivity contribution in [2.24, 2.45) is 0 Å². The van der Waals surface area contributed by atoms with E-state index in [4.69, 9.17) is 4.52 Å². The maximum Gasteiger partial charge on any atom is 0.257 e. The fourth-order valence-corrected chi connectivity index (χ4v) is 6.40. The van der Waals surface area contributed by atoms with Crippen LogP contribution >= 0.6 is 0 Å². The third-order valence-electron chi connectivity index (χ3n) is 7.03. The largest absolute Gasteiger partial charge is 0.336 e. The van der Waals surface area contributed by atoms with Gasteiger partial charge in [-0.1, -0.05) is 36.6 Å². The molecule has 2 aliphatic rings. The molecule has 8 nitrogen and oxygen atoms in total. The highest BCUT2D eigenvalue weighted by Gasteiger charge is 2.30. The van der Waals surface area contributed by atoms with Crippen LogP contribution in [0.1, 0.15) is 59.8 Å². The molecule has 2 fully saturated rings. The molecule has 0 bridgehead atoms. The number of hydrogen-bond donors (Lipinski definition) is 0. The lowest BCUT2D eigenvalue weighted by Gasteiger charge is -2.34. The predicted molar refractivity (Wildman–Crippen MR) is 131 cm³/mol. The summed E-state index contributed by atoms with van der Waals surface area (Å²) in [5.41, 5.74) is 2.52. The van der Waals surface area contributed by atoms with Crippen LogP contribution in [0, 0.1) is 6.92 Å². The molecule has 1 aliphatic carbocycles. The molecule has 1 amide bonds. The number of benzene rings is 2. The molecule has 0 atom stereocenters. The van der Waals surface area contributed by atoms with Crippen molar-refractivity contribution >= 4 is 15.9 Å². The van der Waals surface area contributed by atoms with E-state index in [1.54, 1.807) is 48.2 Å². The van der Waals surface area contributed by atoms with Crippen LogP contribution in [0.4, 0.5) is 0 Å². The van der Waals surface area contributed by atoms with Crippen LogP contribution in [-0.4, -0.2) is 59.8 Å². The minimum absolute atomic E-state index is 0.118. The SMILES string of the molecule is Cc1noc(-c2ccc(C(=O)N3CCN(S(=O)(=O)c4ccc(C5CCCCC5)cc4)CC3)cc2)n1. The molecular weight excluding hydrogens is 464 g/mol. The molecule has 1 aliphatic heterocycles. The Morgan fingerprint density at radius 2 is 1.57 bits per heavy atom. The van der Waals surface area contributed by atoms with E-state index in [-0.39, 0.29) is 19.0 Å². The van der Waals surface area contributed by atoms with Gasteiger partial charge in [0.15, 0.2) is 5.82 Å². The fourth-order valence-electron chi connectivity index (χ4n) is 4.98.